The van der Waals surface area contributed by atoms with Crippen molar-refractivity contribution in [3.8, 4) is 0 Å². The number of aromatic nitrogens is 2. The Morgan fingerprint density at radius 1 is 1.56 bits per heavy atom. The molecule has 94 valence electrons. The Kier molecular flexibility index (Phi) is 3.81. The topological polar surface area (TPSA) is 29.9 Å². The van der Waals surface area contributed by atoms with Crippen LogP contribution in [0.3, 0.4) is 0 Å². The molecule has 5 heteroatoms. The zero-order chi connectivity index (χ0) is 13.1. The van der Waals surface area contributed by atoms with E-state index in [9.17, 15) is 4.39 Å². The molecule has 0 spiro atoms. The van der Waals surface area contributed by atoms with Crippen LogP contribution in [0, 0.1) is 12.7 Å². The molecule has 2 aromatic rings. The first-order valence-electron chi connectivity index (χ1n) is 5.45. The SMILES string of the molecule is C=Cn1cc(CNc2cc(F)c(Br)cc2C)cn1. The molecule has 1 aromatic carbocycles. The fourth-order valence-corrected chi connectivity index (χ4v) is 2.06. The van der Waals surface area contributed by atoms with E-state index in [2.05, 4.69) is 32.9 Å². The number of nitrogens with one attached hydrogen (secondary N) is 1. The number of hydrogen-bond donors (Lipinski definition) is 1. The number of anilines is 1. The second kappa shape index (κ2) is 5.35. The molecule has 1 N–H and O–H groups in total. The summed E-state index contributed by atoms with van der Waals surface area (Å²) in [5, 5.41) is 7.26. The van der Waals surface area contributed by atoms with Crippen molar-refractivity contribution in [1.82, 2.24) is 9.78 Å². The largest absolute Gasteiger partial charge is 0.381 e. The molecule has 0 fully saturated rings. The van der Waals surface area contributed by atoms with Gasteiger partial charge < -0.3 is 5.32 Å². The minimum Gasteiger partial charge on any atom is -0.381 e. The van der Waals surface area contributed by atoms with E-state index in [-0.39, 0.29) is 5.82 Å². The summed E-state index contributed by atoms with van der Waals surface area (Å²) in [5.41, 5.74) is 2.78. The van der Waals surface area contributed by atoms with Crippen LogP contribution in [0.15, 0.2) is 35.6 Å². The maximum atomic E-state index is 13.4. The van der Waals surface area contributed by atoms with Crippen molar-refractivity contribution in [3.63, 3.8) is 0 Å². The second-order valence-electron chi connectivity index (χ2n) is 3.95. The molecule has 0 saturated heterocycles. The van der Waals surface area contributed by atoms with Crippen LogP contribution in [0.1, 0.15) is 11.1 Å². The second-order valence-corrected chi connectivity index (χ2v) is 4.80. The highest BCUT2D eigenvalue weighted by Crippen LogP contribution is 2.24. The molecule has 0 amide bonds. The van der Waals surface area contributed by atoms with E-state index in [0.29, 0.717) is 11.0 Å². The highest BCUT2D eigenvalue weighted by Gasteiger charge is 2.05. The smallest absolute Gasteiger partial charge is 0.139 e. The Bertz CT molecular complexity index is 578. The van der Waals surface area contributed by atoms with Crippen LogP contribution in [0.5, 0.6) is 0 Å². The Morgan fingerprint density at radius 2 is 2.33 bits per heavy atom. The van der Waals surface area contributed by atoms with Gasteiger partial charge in [0.2, 0.25) is 0 Å². The predicted octanol–water partition coefficient (Wildman–Crippen LogP) is 3.81. The normalized spacial score (nSPS) is 10.4. The van der Waals surface area contributed by atoms with Crippen LogP contribution in [-0.2, 0) is 6.54 Å². The number of rotatable bonds is 4. The van der Waals surface area contributed by atoms with Gasteiger partial charge in [-0.2, -0.15) is 5.10 Å². The summed E-state index contributed by atoms with van der Waals surface area (Å²) in [4.78, 5) is 0. The average molecular weight is 310 g/mol. The Morgan fingerprint density at radius 3 is 3.00 bits per heavy atom. The summed E-state index contributed by atoms with van der Waals surface area (Å²) in [6, 6.07) is 3.24. The summed E-state index contributed by atoms with van der Waals surface area (Å²) in [6.07, 6.45) is 5.23. The van der Waals surface area contributed by atoms with Crippen molar-refractivity contribution in [2.24, 2.45) is 0 Å². The quantitative estimate of drug-likeness (QED) is 0.931. The average Bonchev–Trinajstić information content (AvgIpc) is 2.80. The highest BCUT2D eigenvalue weighted by atomic mass is 79.9. The number of nitrogens with zero attached hydrogens (tertiary/aromatic N) is 2. The molecule has 0 aliphatic rings. The first-order valence-corrected chi connectivity index (χ1v) is 6.24. The van der Waals surface area contributed by atoms with E-state index in [1.165, 1.54) is 6.07 Å². The van der Waals surface area contributed by atoms with Gasteiger partial charge in [0, 0.05) is 30.2 Å². The lowest BCUT2D eigenvalue weighted by Gasteiger charge is -2.09. The van der Waals surface area contributed by atoms with Crippen LogP contribution < -0.4 is 5.32 Å². The van der Waals surface area contributed by atoms with Gasteiger partial charge in [-0.25, -0.2) is 9.07 Å². The molecule has 0 saturated carbocycles. The molecule has 0 unspecified atom stereocenters. The first kappa shape index (κ1) is 12.8. The third-order valence-corrected chi connectivity index (χ3v) is 3.20. The first-order chi connectivity index (χ1) is 8.60. The van der Waals surface area contributed by atoms with Crippen molar-refractivity contribution >= 4 is 27.8 Å². The fraction of sp³-hybridized carbons (Fsp3) is 0.154. The maximum Gasteiger partial charge on any atom is 0.139 e. The van der Waals surface area contributed by atoms with Gasteiger partial charge in [-0.1, -0.05) is 6.58 Å². The van der Waals surface area contributed by atoms with Gasteiger partial charge >= 0.3 is 0 Å². The molecule has 0 atom stereocenters. The van der Waals surface area contributed by atoms with Gasteiger partial charge in [-0.3, -0.25) is 0 Å². The Hall–Kier alpha value is -1.62. The van der Waals surface area contributed by atoms with Crippen molar-refractivity contribution in [3.05, 3.63) is 52.5 Å². The lowest BCUT2D eigenvalue weighted by atomic mass is 10.2. The van der Waals surface area contributed by atoms with Crippen LogP contribution in [0.25, 0.3) is 6.20 Å². The fourth-order valence-electron chi connectivity index (χ4n) is 1.60. The van der Waals surface area contributed by atoms with Crippen LogP contribution in [0.2, 0.25) is 0 Å². The van der Waals surface area contributed by atoms with Gasteiger partial charge in [-0.15, -0.1) is 0 Å². The zero-order valence-electron chi connectivity index (χ0n) is 9.95. The van der Waals surface area contributed by atoms with Crippen molar-refractivity contribution < 1.29 is 4.39 Å². The molecule has 18 heavy (non-hydrogen) atoms. The van der Waals surface area contributed by atoms with E-state index >= 15 is 0 Å². The molecule has 3 nitrogen and oxygen atoms in total. The maximum absolute atomic E-state index is 13.4. The molecule has 0 aliphatic heterocycles. The Balaban J connectivity index is 2.10. The van der Waals surface area contributed by atoms with Gasteiger partial charge in [0.1, 0.15) is 5.82 Å². The lowest BCUT2D eigenvalue weighted by Crippen LogP contribution is -2.01. The standard InChI is InChI=1S/C13H13BrFN3/c1-3-18-8-10(7-17-18)6-16-13-5-12(15)11(14)4-9(13)2/h3-5,7-8,16H,1,6H2,2H3. The van der Waals surface area contributed by atoms with Crippen molar-refractivity contribution in [2.45, 2.75) is 13.5 Å². The molecule has 0 aliphatic carbocycles. The summed E-state index contributed by atoms with van der Waals surface area (Å²) >= 11 is 3.16. The van der Waals surface area contributed by atoms with E-state index in [0.717, 1.165) is 16.8 Å². The van der Waals surface area contributed by atoms with E-state index in [1.54, 1.807) is 23.1 Å². The minimum atomic E-state index is -0.273. The lowest BCUT2D eigenvalue weighted by molar-refractivity contribution is 0.621. The van der Waals surface area contributed by atoms with E-state index in [1.807, 2.05) is 13.1 Å². The van der Waals surface area contributed by atoms with Crippen molar-refractivity contribution in [1.29, 1.82) is 0 Å². The van der Waals surface area contributed by atoms with Gasteiger partial charge in [0.15, 0.2) is 0 Å². The van der Waals surface area contributed by atoms with Gasteiger partial charge in [0.25, 0.3) is 0 Å². The summed E-state index contributed by atoms with van der Waals surface area (Å²) in [6.45, 7) is 6.15. The summed E-state index contributed by atoms with van der Waals surface area (Å²) in [5.74, 6) is -0.273. The number of hydrogen-bond acceptors (Lipinski definition) is 2. The molecule has 0 bridgehead atoms. The Labute approximate surface area is 113 Å². The highest BCUT2D eigenvalue weighted by molar-refractivity contribution is 9.10. The zero-order valence-corrected chi connectivity index (χ0v) is 11.5. The number of halogens is 2. The number of benzene rings is 1. The van der Waals surface area contributed by atoms with Gasteiger partial charge in [0.05, 0.1) is 10.7 Å². The predicted molar refractivity (Wildman–Crippen MR) is 74.8 cm³/mol. The van der Waals surface area contributed by atoms with Crippen LogP contribution in [0.4, 0.5) is 10.1 Å². The molecule has 2 rings (SSSR count). The van der Waals surface area contributed by atoms with Crippen LogP contribution in [-0.4, -0.2) is 9.78 Å². The monoisotopic (exact) mass is 309 g/mol. The van der Waals surface area contributed by atoms with Gasteiger partial charge in [-0.05, 0) is 40.5 Å². The third-order valence-electron chi connectivity index (χ3n) is 2.59. The molecular formula is C13H13BrFN3. The molecule has 0 radical (unpaired) electrons. The number of aryl methyl sites for hydroxylation is 1. The minimum absolute atomic E-state index is 0.273. The summed E-state index contributed by atoms with van der Waals surface area (Å²) < 4.78 is 15.5. The molecule has 1 heterocycles. The molecular weight excluding hydrogens is 297 g/mol. The van der Waals surface area contributed by atoms with Crippen LogP contribution >= 0.6 is 15.9 Å². The van der Waals surface area contributed by atoms with E-state index in [4.69, 9.17) is 0 Å². The van der Waals surface area contributed by atoms with Crippen molar-refractivity contribution in [2.75, 3.05) is 5.32 Å². The van der Waals surface area contributed by atoms with E-state index < -0.39 is 0 Å². The molecule has 1 aromatic heterocycles. The summed E-state index contributed by atoms with van der Waals surface area (Å²) in [7, 11) is 0. The third kappa shape index (κ3) is 2.79.